The Morgan fingerprint density at radius 2 is 2.17 bits per heavy atom. The van der Waals surface area contributed by atoms with Crippen LogP contribution in [0, 0.1) is 6.92 Å². The molecule has 1 amide bonds. The van der Waals surface area contributed by atoms with Gasteiger partial charge in [0, 0.05) is 13.1 Å². The van der Waals surface area contributed by atoms with Crippen molar-refractivity contribution in [1.82, 2.24) is 15.2 Å². The number of carbonyl (C=O) groups is 1. The molecule has 0 atom stereocenters. The number of hydrogen-bond acceptors (Lipinski definition) is 5. The van der Waals surface area contributed by atoms with E-state index in [0.717, 1.165) is 19.6 Å². The van der Waals surface area contributed by atoms with Gasteiger partial charge in [-0.3, -0.25) is 4.79 Å². The summed E-state index contributed by atoms with van der Waals surface area (Å²) in [6.07, 6.45) is 3.89. The molecule has 5 nitrogen and oxygen atoms in total. The van der Waals surface area contributed by atoms with Crippen LogP contribution in [0.25, 0.3) is 0 Å². The molecule has 100 valence electrons. The van der Waals surface area contributed by atoms with Crippen LogP contribution >= 0.6 is 11.3 Å². The number of nitrogens with one attached hydrogen (secondary N) is 1. The number of thiazole rings is 1. The number of amides is 1. The van der Waals surface area contributed by atoms with Crippen molar-refractivity contribution in [3.63, 3.8) is 0 Å². The van der Waals surface area contributed by atoms with Gasteiger partial charge < -0.3 is 16.0 Å². The Hall–Kier alpha value is -1.14. The summed E-state index contributed by atoms with van der Waals surface area (Å²) in [6, 6.07) is 0. The number of nitrogen functional groups attached to an aromatic ring is 1. The van der Waals surface area contributed by atoms with E-state index < -0.39 is 0 Å². The van der Waals surface area contributed by atoms with Crippen molar-refractivity contribution < 1.29 is 4.79 Å². The molecule has 1 aliphatic heterocycles. The first-order valence-corrected chi connectivity index (χ1v) is 7.22. The lowest BCUT2D eigenvalue weighted by molar-refractivity contribution is 0.0950. The molecular formula is C12H20N4OS. The number of piperidine rings is 1. The van der Waals surface area contributed by atoms with Gasteiger partial charge in [-0.2, -0.15) is 0 Å². The standard InChI is InChI=1S/C12H20N4OS/c1-9-10(18-12(13)15-9)11(17)14-5-8-16-6-3-2-4-7-16/h2-8H2,1H3,(H2,13,15)(H,14,17). The highest BCUT2D eigenvalue weighted by Crippen LogP contribution is 2.19. The lowest BCUT2D eigenvalue weighted by Gasteiger charge is -2.26. The van der Waals surface area contributed by atoms with Crippen molar-refractivity contribution in [1.29, 1.82) is 0 Å². The molecule has 6 heteroatoms. The van der Waals surface area contributed by atoms with E-state index in [1.807, 2.05) is 6.92 Å². The molecule has 0 saturated carbocycles. The number of nitrogens with two attached hydrogens (primary N) is 1. The van der Waals surface area contributed by atoms with Gasteiger partial charge in [-0.15, -0.1) is 0 Å². The van der Waals surface area contributed by atoms with Crippen molar-refractivity contribution in [2.75, 3.05) is 31.9 Å². The molecule has 2 rings (SSSR count). The highest BCUT2D eigenvalue weighted by molar-refractivity contribution is 7.17. The Labute approximate surface area is 111 Å². The third-order valence-corrected chi connectivity index (χ3v) is 4.17. The van der Waals surface area contributed by atoms with Crippen molar-refractivity contribution in [2.45, 2.75) is 26.2 Å². The Morgan fingerprint density at radius 3 is 2.78 bits per heavy atom. The van der Waals surface area contributed by atoms with E-state index in [1.54, 1.807) is 0 Å². The minimum Gasteiger partial charge on any atom is -0.375 e. The Bertz CT molecular complexity index is 412. The van der Waals surface area contributed by atoms with Crippen LogP contribution in [0.2, 0.25) is 0 Å². The number of nitrogens with zero attached hydrogens (tertiary/aromatic N) is 2. The van der Waals surface area contributed by atoms with Gasteiger partial charge in [0.2, 0.25) is 0 Å². The quantitative estimate of drug-likeness (QED) is 0.862. The van der Waals surface area contributed by atoms with Crippen molar-refractivity contribution in [3.8, 4) is 0 Å². The van der Waals surface area contributed by atoms with Crippen LogP contribution in [0.3, 0.4) is 0 Å². The van der Waals surface area contributed by atoms with E-state index in [-0.39, 0.29) is 5.91 Å². The van der Waals surface area contributed by atoms with E-state index >= 15 is 0 Å². The summed E-state index contributed by atoms with van der Waals surface area (Å²) in [7, 11) is 0. The van der Waals surface area contributed by atoms with Crippen LogP contribution in [0.4, 0.5) is 5.13 Å². The van der Waals surface area contributed by atoms with Crippen LogP contribution in [0.15, 0.2) is 0 Å². The zero-order valence-corrected chi connectivity index (χ0v) is 11.6. The van der Waals surface area contributed by atoms with Gasteiger partial charge in [0.25, 0.3) is 5.91 Å². The molecule has 0 aromatic carbocycles. The fourth-order valence-electron chi connectivity index (χ4n) is 2.22. The zero-order valence-electron chi connectivity index (χ0n) is 10.7. The van der Waals surface area contributed by atoms with Gasteiger partial charge in [0.05, 0.1) is 5.69 Å². The third-order valence-electron chi connectivity index (χ3n) is 3.18. The van der Waals surface area contributed by atoms with Gasteiger partial charge in [-0.05, 0) is 32.9 Å². The largest absolute Gasteiger partial charge is 0.375 e. The lowest BCUT2D eigenvalue weighted by Crippen LogP contribution is -2.37. The first kappa shape index (κ1) is 13.3. The number of aryl methyl sites for hydroxylation is 1. The number of likely N-dealkylation sites (tertiary alicyclic amines) is 1. The average Bonchev–Trinajstić information content (AvgIpc) is 2.70. The first-order chi connectivity index (χ1) is 8.66. The second-order valence-corrected chi connectivity index (χ2v) is 5.66. The van der Waals surface area contributed by atoms with Gasteiger partial charge in [0.1, 0.15) is 4.88 Å². The maximum absolute atomic E-state index is 11.9. The van der Waals surface area contributed by atoms with Crippen LogP contribution in [-0.2, 0) is 0 Å². The molecule has 0 bridgehead atoms. The Morgan fingerprint density at radius 1 is 1.44 bits per heavy atom. The van der Waals surface area contributed by atoms with Gasteiger partial charge in [-0.25, -0.2) is 4.98 Å². The molecule has 1 aromatic rings. The second kappa shape index (κ2) is 6.15. The fraction of sp³-hybridized carbons (Fsp3) is 0.667. The molecule has 18 heavy (non-hydrogen) atoms. The lowest BCUT2D eigenvalue weighted by atomic mass is 10.1. The summed E-state index contributed by atoms with van der Waals surface area (Å²) in [5.74, 6) is -0.0568. The molecule has 1 fully saturated rings. The van der Waals surface area contributed by atoms with E-state index in [1.165, 1.54) is 30.6 Å². The highest BCUT2D eigenvalue weighted by Gasteiger charge is 2.14. The molecule has 0 aliphatic carbocycles. The second-order valence-electron chi connectivity index (χ2n) is 4.62. The van der Waals surface area contributed by atoms with Crippen molar-refractivity contribution >= 4 is 22.4 Å². The number of hydrogen-bond donors (Lipinski definition) is 2. The molecule has 3 N–H and O–H groups in total. The average molecular weight is 268 g/mol. The minimum absolute atomic E-state index is 0.0568. The van der Waals surface area contributed by atoms with Crippen molar-refractivity contribution in [3.05, 3.63) is 10.6 Å². The summed E-state index contributed by atoms with van der Waals surface area (Å²) in [6.45, 7) is 5.74. The number of aromatic nitrogens is 1. The molecule has 2 heterocycles. The van der Waals surface area contributed by atoms with Crippen LogP contribution in [0.1, 0.15) is 34.6 Å². The number of rotatable bonds is 4. The molecule has 0 spiro atoms. The maximum Gasteiger partial charge on any atom is 0.263 e. The molecule has 1 saturated heterocycles. The van der Waals surface area contributed by atoms with Gasteiger partial charge in [0.15, 0.2) is 5.13 Å². The molecule has 1 aromatic heterocycles. The molecule has 0 unspecified atom stereocenters. The smallest absolute Gasteiger partial charge is 0.263 e. The predicted molar refractivity (Wildman–Crippen MR) is 73.9 cm³/mol. The van der Waals surface area contributed by atoms with Gasteiger partial charge in [-0.1, -0.05) is 17.8 Å². The van der Waals surface area contributed by atoms with Crippen LogP contribution in [0.5, 0.6) is 0 Å². The summed E-state index contributed by atoms with van der Waals surface area (Å²) >= 11 is 1.25. The Balaban J connectivity index is 1.76. The van der Waals surface area contributed by atoms with Crippen LogP contribution < -0.4 is 11.1 Å². The molecule has 0 radical (unpaired) electrons. The summed E-state index contributed by atoms with van der Waals surface area (Å²) in [4.78, 5) is 19.0. The number of carbonyl (C=O) groups excluding carboxylic acids is 1. The number of anilines is 1. The topological polar surface area (TPSA) is 71.2 Å². The minimum atomic E-state index is -0.0568. The maximum atomic E-state index is 11.9. The monoisotopic (exact) mass is 268 g/mol. The summed E-state index contributed by atoms with van der Waals surface area (Å²) in [5, 5.41) is 3.39. The van der Waals surface area contributed by atoms with E-state index in [0.29, 0.717) is 22.2 Å². The normalized spacial score (nSPS) is 16.7. The van der Waals surface area contributed by atoms with E-state index in [2.05, 4.69) is 15.2 Å². The summed E-state index contributed by atoms with van der Waals surface area (Å²) < 4.78 is 0. The molecule has 1 aliphatic rings. The highest BCUT2D eigenvalue weighted by atomic mass is 32.1. The van der Waals surface area contributed by atoms with Crippen molar-refractivity contribution in [2.24, 2.45) is 0 Å². The molecular weight excluding hydrogens is 248 g/mol. The fourth-order valence-corrected chi connectivity index (χ4v) is 2.97. The SMILES string of the molecule is Cc1nc(N)sc1C(=O)NCCN1CCCCC1. The summed E-state index contributed by atoms with van der Waals surface area (Å²) in [5.41, 5.74) is 6.30. The van der Waals surface area contributed by atoms with Crippen LogP contribution in [-0.4, -0.2) is 42.0 Å². The third kappa shape index (κ3) is 3.43. The zero-order chi connectivity index (χ0) is 13.0. The predicted octanol–water partition coefficient (Wildman–Crippen LogP) is 1.25. The van der Waals surface area contributed by atoms with E-state index in [4.69, 9.17) is 5.73 Å². The first-order valence-electron chi connectivity index (χ1n) is 6.40. The van der Waals surface area contributed by atoms with Gasteiger partial charge >= 0.3 is 0 Å². The Kier molecular flexibility index (Phi) is 4.54. The van der Waals surface area contributed by atoms with E-state index in [9.17, 15) is 4.79 Å².